The van der Waals surface area contributed by atoms with Crippen LogP contribution in [0, 0.1) is 5.92 Å². The quantitative estimate of drug-likeness (QED) is 0.270. The molecule has 1 aromatic rings. The Bertz CT molecular complexity index is 393. The van der Waals surface area contributed by atoms with Crippen molar-refractivity contribution in [2.24, 2.45) is 10.9 Å². The second-order valence-corrected chi connectivity index (χ2v) is 6.72. The molecule has 0 fully saturated rings. The molecule has 4 nitrogen and oxygen atoms in total. The van der Waals surface area contributed by atoms with E-state index in [-0.39, 0.29) is 24.0 Å². The summed E-state index contributed by atoms with van der Waals surface area (Å²) in [6.45, 7) is 8.19. The summed E-state index contributed by atoms with van der Waals surface area (Å²) in [5, 5.41) is 8.86. The van der Waals surface area contributed by atoms with Gasteiger partial charge in [0.15, 0.2) is 5.96 Å². The van der Waals surface area contributed by atoms with Crippen LogP contribution in [0.15, 0.2) is 22.5 Å². The van der Waals surface area contributed by atoms with Gasteiger partial charge in [0.1, 0.15) is 0 Å². The molecule has 0 aliphatic rings. The van der Waals surface area contributed by atoms with Crippen LogP contribution in [-0.4, -0.2) is 51.1 Å². The minimum atomic E-state index is 0. The van der Waals surface area contributed by atoms with E-state index in [1.807, 2.05) is 11.3 Å². The molecule has 0 aromatic carbocycles. The van der Waals surface area contributed by atoms with Gasteiger partial charge in [0.2, 0.25) is 0 Å². The Morgan fingerprint density at radius 2 is 2.14 bits per heavy atom. The van der Waals surface area contributed by atoms with Crippen molar-refractivity contribution in [2.45, 2.75) is 26.7 Å². The van der Waals surface area contributed by atoms with Crippen LogP contribution in [0.4, 0.5) is 0 Å². The van der Waals surface area contributed by atoms with Crippen molar-refractivity contribution >= 4 is 41.3 Å². The molecule has 22 heavy (non-hydrogen) atoms. The summed E-state index contributed by atoms with van der Waals surface area (Å²) in [4.78, 5) is 8.35. The summed E-state index contributed by atoms with van der Waals surface area (Å²) in [5.41, 5.74) is 0. The molecular weight excluding hydrogens is 407 g/mol. The predicted molar refractivity (Wildman–Crippen MR) is 110 cm³/mol. The van der Waals surface area contributed by atoms with Crippen molar-refractivity contribution in [3.05, 3.63) is 22.4 Å². The van der Waals surface area contributed by atoms with E-state index in [4.69, 9.17) is 4.99 Å². The molecule has 1 unspecified atom stereocenters. The SMILES string of the molecule is CCNC(=NCC(C)Cc1cccs1)NCCCN(C)C.I. The molecule has 6 heteroatoms. The molecule has 1 aromatic heterocycles. The summed E-state index contributed by atoms with van der Waals surface area (Å²) in [5.74, 6) is 1.51. The summed E-state index contributed by atoms with van der Waals surface area (Å²) >= 11 is 1.83. The maximum absolute atomic E-state index is 4.70. The fourth-order valence-corrected chi connectivity index (χ4v) is 2.90. The molecule has 0 aliphatic carbocycles. The first-order chi connectivity index (χ1) is 10.1. The number of nitrogens with zero attached hydrogens (tertiary/aromatic N) is 2. The smallest absolute Gasteiger partial charge is 0.191 e. The largest absolute Gasteiger partial charge is 0.357 e. The van der Waals surface area contributed by atoms with Crippen molar-refractivity contribution in [3.63, 3.8) is 0 Å². The molecule has 1 heterocycles. The molecule has 128 valence electrons. The van der Waals surface area contributed by atoms with E-state index in [9.17, 15) is 0 Å². The van der Waals surface area contributed by atoms with Crippen LogP contribution in [0.25, 0.3) is 0 Å². The van der Waals surface area contributed by atoms with Crippen molar-refractivity contribution in [3.8, 4) is 0 Å². The average molecular weight is 438 g/mol. The summed E-state index contributed by atoms with van der Waals surface area (Å²) in [6, 6.07) is 4.32. The van der Waals surface area contributed by atoms with Crippen molar-refractivity contribution in [1.29, 1.82) is 0 Å². The first kappa shape index (κ1) is 21.7. The molecule has 0 amide bonds. The normalized spacial score (nSPS) is 12.9. The maximum Gasteiger partial charge on any atom is 0.191 e. The van der Waals surface area contributed by atoms with E-state index in [0.717, 1.165) is 45.0 Å². The van der Waals surface area contributed by atoms with Gasteiger partial charge in [0, 0.05) is 24.5 Å². The Labute approximate surface area is 156 Å². The lowest BCUT2D eigenvalue weighted by Crippen LogP contribution is -2.38. The van der Waals surface area contributed by atoms with E-state index in [0.29, 0.717) is 5.92 Å². The van der Waals surface area contributed by atoms with Gasteiger partial charge in [-0.15, -0.1) is 35.3 Å². The molecule has 1 atom stereocenters. The number of nitrogens with one attached hydrogen (secondary N) is 2. The van der Waals surface area contributed by atoms with Crippen LogP contribution in [0.3, 0.4) is 0 Å². The van der Waals surface area contributed by atoms with E-state index >= 15 is 0 Å². The van der Waals surface area contributed by atoms with Gasteiger partial charge in [-0.3, -0.25) is 4.99 Å². The van der Waals surface area contributed by atoms with Crippen LogP contribution < -0.4 is 10.6 Å². The third-order valence-electron chi connectivity index (χ3n) is 3.11. The zero-order valence-electron chi connectivity index (χ0n) is 14.3. The van der Waals surface area contributed by atoms with Gasteiger partial charge in [-0.1, -0.05) is 13.0 Å². The van der Waals surface area contributed by atoms with E-state index in [2.05, 4.69) is 61.0 Å². The van der Waals surface area contributed by atoms with Gasteiger partial charge in [-0.2, -0.15) is 0 Å². The zero-order chi connectivity index (χ0) is 15.5. The number of aliphatic imine (C=N–C) groups is 1. The van der Waals surface area contributed by atoms with Crippen molar-refractivity contribution in [1.82, 2.24) is 15.5 Å². The number of rotatable bonds is 9. The van der Waals surface area contributed by atoms with E-state index in [1.165, 1.54) is 4.88 Å². The topological polar surface area (TPSA) is 39.7 Å². The Morgan fingerprint density at radius 1 is 1.36 bits per heavy atom. The Morgan fingerprint density at radius 3 is 2.73 bits per heavy atom. The summed E-state index contributed by atoms with van der Waals surface area (Å²) < 4.78 is 0. The van der Waals surface area contributed by atoms with Crippen molar-refractivity contribution < 1.29 is 0 Å². The standard InChI is InChI=1S/C16H30N4S.HI/c1-5-17-16(18-9-7-10-20(3)4)19-13-14(2)12-15-8-6-11-21-15;/h6,8,11,14H,5,7,9-10,12-13H2,1-4H3,(H2,17,18,19);1H. The molecule has 0 saturated carbocycles. The van der Waals surface area contributed by atoms with Crippen LogP contribution in [0.5, 0.6) is 0 Å². The van der Waals surface area contributed by atoms with Gasteiger partial charge >= 0.3 is 0 Å². The zero-order valence-corrected chi connectivity index (χ0v) is 17.4. The molecule has 0 aliphatic heterocycles. The molecular formula is C16H31IN4S. The predicted octanol–water partition coefficient (Wildman–Crippen LogP) is 3.05. The molecule has 0 saturated heterocycles. The highest BCUT2D eigenvalue weighted by molar-refractivity contribution is 14.0. The third-order valence-corrected chi connectivity index (χ3v) is 4.01. The number of guanidine groups is 1. The van der Waals surface area contributed by atoms with Gasteiger partial charge in [-0.05, 0) is 57.8 Å². The van der Waals surface area contributed by atoms with Gasteiger partial charge in [0.05, 0.1) is 0 Å². The molecule has 1 rings (SSSR count). The highest BCUT2D eigenvalue weighted by Gasteiger charge is 2.05. The van der Waals surface area contributed by atoms with Gasteiger partial charge < -0.3 is 15.5 Å². The number of thiophene rings is 1. The van der Waals surface area contributed by atoms with Crippen LogP contribution in [0.2, 0.25) is 0 Å². The number of hydrogen-bond donors (Lipinski definition) is 2. The Kier molecular flexibility index (Phi) is 12.9. The Hall–Kier alpha value is -0.340. The highest BCUT2D eigenvalue weighted by Crippen LogP contribution is 2.14. The summed E-state index contributed by atoms with van der Waals surface area (Å²) in [7, 11) is 4.21. The number of hydrogen-bond acceptors (Lipinski definition) is 3. The minimum absolute atomic E-state index is 0. The number of halogens is 1. The van der Waals surface area contributed by atoms with Gasteiger partial charge in [0.25, 0.3) is 0 Å². The van der Waals surface area contributed by atoms with Crippen LogP contribution >= 0.6 is 35.3 Å². The van der Waals surface area contributed by atoms with Crippen LogP contribution in [-0.2, 0) is 6.42 Å². The molecule has 0 bridgehead atoms. The van der Waals surface area contributed by atoms with Gasteiger partial charge in [-0.25, -0.2) is 0 Å². The van der Waals surface area contributed by atoms with E-state index < -0.39 is 0 Å². The third kappa shape index (κ3) is 10.4. The highest BCUT2D eigenvalue weighted by atomic mass is 127. The molecule has 0 radical (unpaired) electrons. The lowest BCUT2D eigenvalue weighted by Gasteiger charge is -2.14. The fourth-order valence-electron chi connectivity index (χ4n) is 2.03. The lowest BCUT2D eigenvalue weighted by molar-refractivity contribution is 0.399. The average Bonchev–Trinajstić information content (AvgIpc) is 2.93. The van der Waals surface area contributed by atoms with Crippen LogP contribution in [0.1, 0.15) is 25.1 Å². The lowest BCUT2D eigenvalue weighted by atomic mass is 10.1. The first-order valence-electron chi connectivity index (χ1n) is 7.81. The van der Waals surface area contributed by atoms with Crippen molar-refractivity contribution in [2.75, 3.05) is 40.3 Å². The minimum Gasteiger partial charge on any atom is -0.357 e. The Balaban J connectivity index is 0.00000441. The first-order valence-corrected chi connectivity index (χ1v) is 8.69. The molecule has 0 spiro atoms. The fraction of sp³-hybridized carbons (Fsp3) is 0.688. The molecule has 2 N–H and O–H groups in total. The second-order valence-electron chi connectivity index (χ2n) is 5.69. The second kappa shape index (κ2) is 13.1. The van der Waals surface area contributed by atoms with E-state index in [1.54, 1.807) is 0 Å². The maximum atomic E-state index is 4.70. The monoisotopic (exact) mass is 438 g/mol. The summed E-state index contributed by atoms with van der Waals surface area (Å²) in [6.07, 6.45) is 2.24.